The molecule has 0 N–H and O–H groups in total. The van der Waals surface area contributed by atoms with E-state index < -0.39 is 46.7 Å². The lowest BCUT2D eigenvalue weighted by atomic mass is 9.93. The van der Waals surface area contributed by atoms with Gasteiger partial charge in [-0.3, -0.25) is 9.59 Å². The number of nitrogens with zero attached hydrogens (tertiary/aromatic N) is 1. The number of amides is 2. The van der Waals surface area contributed by atoms with Crippen LogP contribution in [0.25, 0.3) is 0 Å². The third kappa shape index (κ3) is 5.41. The summed E-state index contributed by atoms with van der Waals surface area (Å²) in [5.41, 5.74) is 1.02. The van der Waals surface area contributed by atoms with E-state index in [0.717, 1.165) is 5.56 Å². The third-order valence-electron chi connectivity index (χ3n) is 7.23. The third-order valence-corrected chi connectivity index (χ3v) is 7.23. The van der Waals surface area contributed by atoms with Crippen LogP contribution in [0.15, 0.2) is 66.7 Å². The number of imide groups is 1. The molecule has 1 heterocycles. The van der Waals surface area contributed by atoms with Crippen LogP contribution >= 0.6 is 0 Å². The van der Waals surface area contributed by atoms with E-state index in [1.165, 1.54) is 44.6 Å². The number of hydroxylamine groups is 2. The normalized spacial score (nSPS) is 13.2. The van der Waals surface area contributed by atoms with Gasteiger partial charge in [0, 0.05) is 22.8 Å². The lowest BCUT2D eigenvalue weighted by molar-refractivity contribution is -0.122. The van der Waals surface area contributed by atoms with Gasteiger partial charge in [0.15, 0.2) is 17.4 Å². The van der Waals surface area contributed by atoms with Crippen LogP contribution in [-0.2, 0) is 17.9 Å². The molecule has 5 rings (SSSR count). The standard InChI is InChI=1S/C33H28F3NO6/c1-5-21-26(28(35)29(36)31(27(21)34)42-17-19-12-10-18(2)11-13-19)30(24-15-14-20(40-3)16-25(24)41-4)43-37-32(38)22-8-6-7-9-23(22)33(37)39/h6-16,30H,5,17H2,1-4H3. The summed E-state index contributed by atoms with van der Waals surface area (Å²) in [5.74, 6) is -6.22. The summed E-state index contributed by atoms with van der Waals surface area (Å²) in [4.78, 5) is 32.3. The number of benzene rings is 4. The first-order valence-electron chi connectivity index (χ1n) is 13.4. The van der Waals surface area contributed by atoms with Gasteiger partial charge in [-0.15, -0.1) is 5.06 Å². The van der Waals surface area contributed by atoms with Gasteiger partial charge in [0.2, 0.25) is 5.82 Å². The average molecular weight is 592 g/mol. The molecule has 0 aliphatic carbocycles. The number of halogens is 3. The van der Waals surface area contributed by atoms with Crippen molar-refractivity contribution < 1.29 is 41.8 Å². The Labute approximate surface area is 246 Å². The molecule has 2 amide bonds. The fourth-order valence-electron chi connectivity index (χ4n) is 4.96. The Kier molecular flexibility index (Phi) is 8.40. The molecule has 0 fully saturated rings. The van der Waals surface area contributed by atoms with Crippen molar-refractivity contribution in [3.8, 4) is 17.2 Å². The first-order valence-corrected chi connectivity index (χ1v) is 13.4. The number of aryl methyl sites for hydroxylation is 1. The number of ether oxygens (including phenoxy) is 3. The van der Waals surface area contributed by atoms with Crippen molar-refractivity contribution in [2.75, 3.05) is 14.2 Å². The van der Waals surface area contributed by atoms with Crippen LogP contribution in [0, 0.1) is 24.4 Å². The Morgan fingerprint density at radius 2 is 1.47 bits per heavy atom. The molecule has 7 nitrogen and oxygen atoms in total. The summed E-state index contributed by atoms with van der Waals surface area (Å²) in [7, 11) is 2.76. The minimum atomic E-state index is -1.70. The van der Waals surface area contributed by atoms with Crippen LogP contribution in [0.2, 0.25) is 0 Å². The number of carbonyl (C=O) groups excluding carboxylic acids is 2. The van der Waals surface area contributed by atoms with E-state index in [1.807, 2.05) is 19.1 Å². The van der Waals surface area contributed by atoms with Crippen LogP contribution in [0.4, 0.5) is 13.2 Å². The zero-order chi connectivity index (χ0) is 30.8. The number of rotatable bonds is 10. The Hall–Kier alpha value is -4.83. The van der Waals surface area contributed by atoms with Crippen molar-refractivity contribution in [2.45, 2.75) is 33.0 Å². The Balaban J connectivity index is 1.64. The Morgan fingerprint density at radius 1 is 0.814 bits per heavy atom. The zero-order valence-electron chi connectivity index (χ0n) is 23.9. The van der Waals surface area contributed by atoms with Crippen LogP contribution in [0.1, 0.15) is 61.6 Å². The Morgan fingerprint density at radius 3 is 2.05 bits per heavy atom. The molecule has 4 aromatic carbocycles. The van der Waals surface area contributed by atoms with Gasteiger partial charge in [0.25, 0.3) is 11.8 Å². The molecule has 222 valence electrons. The first-order chi connectivity index (χ1) is 20.7. The molecule has 43 heavy (non-hydrogen) atoms. The average Bonchev–Trinajstić information content (AvgIpc) is 3.26. The van der Waals surface area contributed by atoms with Crippen molar-refractivity contribution >= 4 is 11.8 Å². The molecule has 0 bridgehead atoms. The second kappa shape index (κ2) is 12.2. The largest absolute Gasteiger partial charge is 0.497 e. The molecule has 4 aromatic rings. The van der Waals surface area contributed by atoms with E-state index in [4.69, 9.17) is 19.0 Å². The van der Waals surface area contributed by atoms with Crippen molar-refractivity contribution in [1.29, 1.82) is 0 Å². The summed E-state index contributed by atoms with van der Waals surface area (Å²) in [6.45, 7) is 3.23. The van der Waals surface area contributed by atoms with Gasteiger partial charge < -0.3 is 14.2 Å². The van der Waals surface area contributed by atoms with Crippen LogP contribution in [-0.4, -0.2) is 31.1 Å². The summed E-state index contributed by atoms with van der Waals surface area (Å²) >= 11 is 0. The molecule has 0 spiro atoms. The molecule has 1 atom stereocenters. The van der Waals surface area contributed by atoms with Gasteiger partial charge in [-0.1, -0.05) is 48.9 Å². The topological polar surface area (TPSA) is 74.3 Å². The highest BCUT2D eigenvalue weighted by molar-refractivity contribution is 6.20. The van der Waals surface area contributed by atoms with Crippen LogP contribution in [0.5, 0.6) is 17.2 Å². The monoisotopic (exact) mass is 591 g/mol. The molecule has 1 unspecified atom stereocenters. The quantitative estimate of drug-likeness (QED) is 0.148. The van der Waals surface area contributed by atoms with E-state index in [-0.39, 0.29) is 41.0 Å². The molecular formula is C33H28F3NO6. The van der Waals surface area contributed by atoms with Gasteiger partial charge in [-0.25, -0.2) is 13.6 Å². The lowest BCUT2D eigenvalue weighted by Crippen LogP contribution is -2.33. The van der Waals surface area contributed by atoms with Gasteiger partial charge in [0.05, 0.1) is 25.3 Å². The highest BCUT2D eigenvalue weighted by Gasteiger charge is 2.41. The van der Waals surface area contributed by atoms with Crippen LogP contribution in [0.3, 0.4) is 0 Å². The molecule has 1 aliphatic heterocycles. The molecule has 0 radical (unpaired) electrons. The van der Waals surface area contributed by atoms with Crippen molar-refractivity contribution in [1.82, 2.24) is 5.06 Å². The summed E-state index contributed by atoms with van der Waals surface area (Å²) < 4.78 is 64.0. The van der Waals surface area contributed by atoms with E-state index in [9.17, 15) is 9.59 Å². The molecule has 0 saturated heterocycles. The van der Waals surface area contributed by atoms with Gasteiger partial charge in [-0.05, 0) is 43.2 Å². The van der Waals surface area contributed by atoms with Gasteiger partial charge >= 0.3 is 0 Å². The predicted octanol–water partition coefficient (Wildman–Crippen LogP) is 6.89. The summed E-state index contributed by atoms with van der Waals surface area (Å²) in [5, 5.41) is 0.468. The second-order valence-corrected chi connectivity index (χ2v) is 9.83. The predicted molar refractivity (Wildman–Crippen MR) is 151 cm³/mol. The van der Waals surface area contributed by atoms with Crippen molar-refractivity contribution in [2.24, 2.45) is 0 Å². The minimum absolute atomic E-state index is 0.0707. The lowest BCUT2D eigenvalue weighted by Gasteiger charge is -2.27. The van der Waals surface area contributed by atoms with E-state index in [0.29, 0.717) is 16.4 Å². The number of methoxy groups -OCH3 is 2. The minimum Gasteiger partial charge on any atom is -0.497 e. The zero-order valence-corrected chi connectivity index (χ0v) is 23.9. The summed E-state index contributed by atoms with van der Waals surface area (Å²) in [6, 6.07) is 17.5. The van der Waals surface area contributed by atoms with E-state index >= 15 is 13.2 Å². The Bertz CT molecular complexity index is 1670. The maximum Gasteiger partial charge on any atom is 0.285 e. The SMILES string of the molecule is CCc1c(F)c(OCc2ccc(C)cc2)c(F)c(F)c1C(ON1C(=O)c2ccccc2C1=O)c1ccc(OC)cc1OC. The number of hydrogen-bond acceptors (Lipinski definition) is 6. The fraction of sp³-hybridized carbons (Fsp3) is 0.212. The van der Waals surface area contributed by atoms with E-state index in [2.05, 4.69) is 0 Å². The molecule has 10 heteroatoms. The van der Waals surface area contributed by atoms with E-state index in [1.54, 1.807) is 31.2 Å². The molecule has 1 aliphatic rings. The molecule has 0 aromatic heterocycles. The molecular weight excluding hydrogens is 563 g/mol. The number of hydrogen-bond donors (Lipinski definition) is 0. The van der Waals surface area contributed by atoms with Crippen LogP contribution < -0.4 is 14.2 Å². The smallest absolute Gasteiger partial charge is 0.285 e. The highest BCUT2D eigenvalue weighted by atomic mass is 19.2. The van der Waals surface area contributed by atoms with Gasteiger partial charge in [-0.2, -0.15) is 4.39 Å². The fourth-order valence-corrected chi connectivity index (χ4v) is 4.96. The second-order valence-electron chi connectivity index (χ2n) is 9.83. The maximum absolute atomic E-state index is 16.2. The van der Waals surface area contributed by atoms with Crippen molar-refractivity contribution in [3.63, 3.8) is 0 Å². The highest BCUT2D eigenvalue weighted by Crippen LogP contribution is 2.43. The number of carbonyl (C=O) groups is 2. The van der Waals surface area contributed by atoms with Gasteiger partial charge in [0.1, 0.15) is 24.2 Å². The first kappa shape index (κ1) is 29.7. The van der Waals surface area contributed by atoms with Crippen molar-refractivity contribution in [3.05, 3.63) is 123 Å². The maximum atomic E-state index is 16.2. The number of fused-ring (bicyclic) bond motifs is 1. The molecule has 0 saturated carbocycles. The summed E-state index contributed by atoms with van der Waals surface area (Å²) in [6.07, 6.45) is -1.81.